The summed E-state index contributed by atoms with van der Waals surface area (Å²) in [7, 11) is 0. The molecule has 3 rings (SSSR count). The Kier molecular flexibility index (Phi) is 8.86. The molecular weight excluding hydrogens is 540 g/mol. The number of halogens is 6. The molecule has 2 N–H and O–H groups in total. The van der Waals surface area contributed by atoms with Crippen LogP contribution in [0.3, 0.4) is 0 Å². The molecular formula is C27H25F6N5O2. The van der Waals surface area contributed by atoms with Crippen LogP contribution in [0, 0.1) is 0 Å². The fourth-order valence-corrected chi connectivity index (χ4v) is 3.51. The minimum Gasteiger partial charge on any atom is -0.350 e. The van der Waals surface area contributed by atoms with Gasteiger partial charge in [0.2, 0.25) is 0 Å². The Morgan fingerprint density at radius 2 is 1.82 bits per heavy atom. The predicted octanol–water partition coefficient (Wildman–Crippen LogP) is 6.01. The molecule has 13 heteroatoms. The van der Waals surface area contributed by atoms with Gasteiger partial charge in [0.15, 0.2) is 5.67 Å². The van der Waals surface area contributed by atoms with E-state index in [4.69, 9.17) is 0 Å². The number of benzene rings is 2. The van der Waals surface area contributed by atoms with Gasteiger partial charge in [-0.15, -0.1) is 0 Å². The zero-order valence-corrected chi connectivity index (χ0v) is 21.6. The lowest BCUT2D eigenvalue weighted by Gasteiger charge is -2.15. The molecule has 0 spiro atoms. The Hall–Kier alpha value is -4.42. The van der Waals surface area contributed by atoms with Gasteiger partial charge in [-0.2, -0.15) is 18.3 Å². The van der Waals surface area contributed by atoms with E-state index in [1.807, 2.05) is 0 Å². The number of hydrogen-bond donors (Lipinski definition) is 2. The van der Waals surface area contributed by atoms with Crippen LogP contribution in [-0.2, 0) is 15.8 Å². The first-order chi connectivity index (χ1) is 18.6. The highest BCUT2D eigenvalue weighted by atomic mass is 19.4. The molecule has 40 heavy (non-hydrogen) atoms. The fraction of sp³-hybridized carbons (Fsp3) is 0.259. The molecule has 2 amide bonds. The molecule has 0 bridgehead atoms. The number of hydrogen-bond acceptors (Lipinski definition) is 4. The molecule has 0 aliphatic carbocycles. The number of allylic oxidation sites excluding steroid dienone is 1. The van der Waals surface area contributed by atoms with Crippen LogP contribution in [0.15, 0.2) is 76.6 Å². The van der Waals surface area contributed by atoms with Gasteiger partial charge in [0.1, 0.15) is 5.70 Å². The van der Waals surface area contributed by atoms with Crippen molar-refractivity contribution in [2.75, 3.05) is 11.9 Å². The van der Waals surface area contributed by atoms with E-state index in [0.717, 1.165) is 32.1 Å². The first kappa shape index (κ1) is 30.1. The van der Waals surface area contributed by atoms with Gasteiger partial charge in [-0.25, -0.2) is 17.9 Å². The summed E-state index contributed by atoms with van der Waals surface area (Å²) in [5.41, 5.74) is -3.47. The lowest BCUT2D eigenvalue weighted by molar-refractivity contribution is -0.137. The third-order valence-corrected chi connectivity index (χ3v) is 5.56. The quantitative estimate of drug-likeness (QED) is 0.144. The van der Waals surface area contributed by atoms with Crippen LogP contribution in [0.4, 0.5) is 32.0 Å². The second-order valence-corrected chi connectivity index (χ2v) is 9.25. The van der Waals surface area contributed by atoms with Crippen molar-refractivity contribution in [2.24, 2.45) is 4.99 Å². The van der Waals surface area contributed by atoms with E-state index in [2.05, 4.69) is 27.4 Å². The third kappa shape index (κ3) is 7.36. The normalized spacial score (nSPS) is 13.3. The molecule has 0 saturated heterocycles. The minimum atomic E-state index is -4.54. The van der Waals surface area contributed by atoms with E-state index >= 15 is 0 Å². The summed E-state index contributed by atoms with van der Waals surface area (Å²) in [6, 6.07) is 8.96. The van der Waals surface area contributed by atoms with E-state index in [-0.39, 0.29) is 23.5 Å². The van der Waals surface area contributed by atoms with Gasteiger partial charge < -0.3 is 10.6 Å². The lowest BCUT2D eigenvalue weighted by atomic mass is 10.1. The highest BCUT2D eigenvalue weighted by Gasteiger charge is 2.30. The molecule has 1 heterocycles. The van der Waals surface area contributed by atoms with Crippen molar-refractivity contribution in [1.29, 1.82) is 0 Å². The number of nitrogens with zero attached hydrogens (tertiary/aromatic N) is 3. The fourth-order valence-electron chi connectivity index (χ4n) is 3.51. The number of alkyl halides is 6. The SMILES string of the molecule is C=N/C(=C(\C=C(/C)CNC(=O)C(C)(C)F)C(=O)Nc1ccc2nn(-c3cccc(C(F)(F)F)c3)cc2c1)C(F)F. The topological polar surface area (TPSA) is 88.4 Å². The van der Waals surface area contributed by atoms with Gasteiger partial charge in [0.25, 0.3) is 18.2 Å². The zero-order chi connectivity index (χ0) is 29.8. The Balaban J connectivity index is 1.89. The van der Waals surface area contributed by atoms with E-state index in [0.29, 0.717) is 10.9 Å². The van der Waals surface area contributed by atoms with E-state index in [9.17, 15) is 35.9 Å². The molecule has 0 fully saturated rings. The zero-order valence-electron chi connectivity index (χ0n) is 21.6. The predicted molar refractivity (Wildman–Crippen MR) is 139 cm³/mol. The Bertz CT molecular complexity index is 1500. The number of carbonyl (C=O) groups excluding carboxylic acids is 2. The number of anilines is 1. The molecule has 212 valence electrons. The van der Waals surface area contributed by atoms with Crippen molar-refractivity contribution in [3.63, 3.8) is 0 Å². The van der Waals surface area contributed by atoms with Crippen LogP contribution < -0.4 is 10.6 Å². The monoisotopic (exact) mass is 565 g/mol. The first-order valence-electron chi connectivity index (χ1n) is 11.7. The van der Waals surface area contributed by atoms with Gasteiger partial charge in [-0.05, 0) is 70.0 Å². The average Bonchev–Trinajstić information content (AvgIpc) is 3.29. The maximum atomic E-state index is 13.8. The summed E-state index contributed by atoms with van der Waals surface area (Å²) in [5, 5.41) is 9.48. The summed E-state index contributed by atoms with van der Waals surface area (Å²) in [4.78, 5) is 28.1. The third-order valence-electron chi connectivity index (χ3n) is 5.56. The second kappa shape index (κ2) is 11.8. The molecule has 0 saturated carbocycles. The molecule has 0 aliphatic rings. The second-order valence-electron chi connectivity index (χ2n) is 9.25. The van der Waals surface area contributed by atoms with Crippen molar-refractivity contribution in [1.82, 2.24) is 15.1 Å². The number of amides is 2. The van der Waals surface area contributed by atoms with E-state index < -0.39 is 46.9 Å². The summed E-state index contributed by atoms with van der Waals surface area (Å²) in [5.74, 6) is -1.89. The maximum absolute atomic E-state index is 13.8. The van der Waals surface area contributed by atoms with Crippen LogP contribution >= 0.6 is 0 Å². The number of nitrogens with one attached hydrogen (secondary N) is 2. The number of carbonyl (C=O) groups is 2. The molecule has 0 radical (unpaired) electrons. The van der Waals surface area contributed by atoms with Crippen LogP contribution in [0.25, 0.3) is 16.6 Å². The summed E-state index contributed by atoms with van der Waals surface area (Å²) in [6.45, 7) is 6.43. The van der Waals surface area contributed by atoms with Crippen LogP contribution in [0.2, 0.25) is 0 Å². The molecule has 7 nitrogen and oxygen atoms in total. The Morgan fingerprint density at radius 1 is 1.12 bits per heavy atom. The molecule has 2 aromatic carbocycles. The van der Waals surface area contributed by atoms with Crippen LogP contribution in [-0.4, -0.2) is 47.0 Å². The van der Waals surface area contributed by atoms with Crippen molar-refractivity contribution in [3.8, 4) is 5.69 Å². The standard InChI is InChI=1S/C27H25F6N5O2/c1-15(13-35-25(40)26(2,3)30)10-20(22(34-4)23(28)29)24(39)36-18-8-9-21-16(11-18)14-38(37-21)19-7-5-6-17(12-19)27(31,32)33/h5-12,14,23H,4,13H2,1-3H3,(H,35,40)(H,36,39)/b15-10+,22-20+. The van der Waals surface area contributed by atoms with E-state index in [1.165, 1.54) is 48.1 Å². The molecule has 0 unspecified atom stereocenters. The van der Waals surface area contributed by atoms with Gasteiger partial charge in [-0.3, -0.25) is 14.6 Å². The lowest BCUT2D eigenvalue weighted by Crippen LogP contribution is -2.39. The number of fused-ring (bicyclic) bond motifs is 1. The highest BCUT2D eigenvalue weighted by Crippen LogP contribution is 2.31. The number of aromatic nitrogens is 2. The molecule has 1 aromatic heterocycles. The van der Waals surface area contributed by atoms with Gasteiger partial charge in [0.05, 0.1) is 22.3 Å². The number of rotatable bonds is 9. The van der Waals surface area contributed by atoms with Crippen LogP contribution in [0.5, 0.6) is 0 Å². The minimum absolute atomic E-state index is 0.157. The first-order valence-corrected chi connectivity index (χ1v) is 11.7. The molecule has 0 aliphatic heterocycles. The largest absolute Gasteiger partial charge is 0.416 e. The smallest absolute Gasteiger partial charge is 0.350 e. The number of aliphatic imine (C=N–C) groups is 1. The Morgan fingerprint density at radius 3 is 2.42 bits per heavy atom. The maximum Gasteiger partial charge on any atom is 0.416 e. The summed E-state index contributed by atoms with van der Waals surface area (Å²) in [6.07, 6.45) is -5.16. The van der Waals surface area contributed by atoms with Gasteiger partial charge >= 0.3 is 6.18 Å². The van der Waals surface area contributed by atoms with Crippen molar-refractivity contribution < 1.29 is 35.9 Å². The molecule has 3 aromatic rings. The van der Waals surface area contributed by atoms with Gasteiger partial charge in [0, 0.05) is 23.8 Å². The van der Waals surface area contributed by atoms with Crippen molar-refractivity contribution in [3.05, 3.63) is 77.1 Å². The molecule has 0 atom stereocenters. The van der Waals surface area contributed by atoms with Crippen molar-refractivity contribution in [2.45, 2.75) is 39.0 Å². The Labute approximate surface area is 225 Å². The highest BCUT2D eigenvalue weighted by molar-refractivity contribution is 6.07. The van der Waals surface area contributed by atoms with Crippen molar-refractivity contribution >= 4 is 35.1 Å². The van der Waals surface area contributed by atoms with Crippen LogP contribution in [0.1, 0.15) is 26.3 Å². The van der Waals surface area contributed by atoms with E-state index in [1.54, 1.807) is 0 Å². The summed E-state index contributed by atoms with van der Waals surface area (Å²) >= 11 is 0. The summed E-state index contributed by atoms with van der Waals surface area (Å²) < 4.78 is 81.6. The van der Waals surface area contributed by atoms with Gasteiger partial charge in [-0.1, -0.05) is 11.6 Å². The average molecular weight is 566 g/mol.